The molecule has 0 aliphatic heterocycles. The van der Waals surface area contributed by atoms with Crippen molar-refractivity contribution in [1.82, 2.24) is 15.3 Å². The fraction of sp³-hybridized carbons (Fsp3) is 0.421. The summed E-state index contributed by atoms with van der Waals surface area (Å²) in [6.07, 6.45) is 2.76. The summed E-state index contributed by atoms with van der Waals surface area (Å²) in [6.45, 7) is 0. The van der Waals surface area contributed by atoms with Gasteiger partial charge in [-0.1, -0.05) is 0 Å². The van der Waals surface area contributed by atoms with Crippen LogP contribution >= 0.6 is 11.3 Å². The zero-order valence-electron chi connectivity index (χ0n) is 16.1. The second-order valence-corrected chi connectivity index (χ2v) is 8.33. The van der Waals surface area contributed by atoms with Crippen LogP contribution in [0, 0.1) is 0 Å². The van der Waals surface area contributed by atoms with Crippen LogP contribution in [-0.2, 0) is 22.4 Å². The molecule has 0 spiro atoms. The van der Waals surface area contributed by atoms with Gasteiger partial charge in [0, 0.05) is 16.9 Å². The molecule has 0 aromatic carbocycles. The van der Waals surface area contributed by atoms with E-state index in [4.69, 9.17) is 16.6 Å². The van der Waals surface area contributed by atoms with Crippen molar-refractivity contribution in [2.75, 3.05) is 11.5 Å². The monoisotopic (exact) mass is 433 g/mol. The number of nitrogen functional groups attached to an aromatic ring is 2. The molecule has 11 heteroatoms. The highest BCUT2D eigenvalue weighted by Gasteiger charge is 2.28. The Morgan fingerprint density at radius 2 is 2.00 bits per heavy atom. The van der Waals surface area contributed by atoms with Crippen LogP contribution in [0.25, 0.3) is 0 Å². The molecule has 30 heavy (non-hydrogen) atoms. The molecule has 1 amide bonds. The van der Waals surface area contributed by atoms with Crippen LogP contribution in [0.4, 0.5) is 11.8 Å². The second kappa shape index (κ2) is 9.08. The van der Waals surface area contributed by atoms with Gasteiger partial charge in [0.1, 0.15) is 11.9 Å². The third kappa shape index (κ3) is 5.03. The highest BCUT2D eigenvalue weighted by atomic mass is 32.1. The van der Waals surface area contributed by atoms with Crippen LogP contribution in [0.2, 0.25) is 0 Å². The Hall–Kier alpha value is -3.21. The maximum atomic E-state index is 12.4. The van der Waals surface area contributed by atoms with Crippen molar-refractivity contribution in [2.45, 2.75) is 50.5 Å². The van der Waals surface area contributed by atoms with Crippen LogP contribution in [0.15, 0.2) is 12.1 Å². The number of aromatic nitrogens is 2. The minimum atomic E-state index is -1.26. The Bertz CT molecular complexity index is 976. The topological polar surface area (TPSA) is 182 Å². The number of anilines is 2. The quantitative estimate of drug-likeness (QED) is 0.390. The van der Waals surface area contributed by atoms with E-state index >= 15 is 0 Å². The summed E-state index contributed by atoms with van der Waals surface area (Å²) < 4.78 is 0. The van der Waals surface area contributed by atoms with Gasteiger partial charge >= 0.3 is 11.9 Å². The van der Waals surface area contributed by atoms with Crippen molar-refractivity contribution >= 4 is 40.9 Å². The molecule has 2 aromatic rings. The number of carboxylic acids is 2. The number of nitrogens with two attached hydrogens (primary N) is 2. The summed E-state index contributed by atoms with van der Waals surface area (Å²) in [7, 11) is 0. The van der Waals surface area contributed by atoms with Gasteiger partial charge in [-0.15, -0.1) is 11.3 Å². The third-order valence-electron chi connectivity index (χ3n) is 5.08. The molecule has 0 bridgehead atoms. The van der Waals surface area contributed by atoms with Crippen LogP contribution in [0.5, 0.6) is 0 Å². The first kappa shape index (κ1) is 21.5. The van der Waals surface area contributed by atoms with Gasteiger partial charge in [0.2, 0.25) is 5.95 Å². The normalized spacial score (nSPS) is 16.1. The highest BCUT2D eigenvalue weighted by Crippen LogP contribution is 2.38. The van der Waals surface area contributed by atoms with E-state index in [-0.39, 0.29) is 24.7 Å². The molecule has 160 valence electrons. The molecule has 3 rings (SSSR count). The zero-order chi connectivity index (χ0) is 21.8. The minimum Gasteiger partial charge on any atom is -0.481 e. The van der Waals surface area contributed by atoms with Crippen LogP contribution < -0.4 is 16.8 Å². The molecule has 0 saturated heterocycles. The van der Waals surface area contributed by atoms with Crippen molar-refractivity contribution in [3.05, 3.63) is 33.1 Å². The molecule has 1 aliphatic carbocycles. The van der Waals surface area contributed by atoms with Crippen molar-refractivity contribution in [3.63, 3.8) is 0 Å². The largest absolute Gasteiger partial charge is 0.481 e. The number of rotatable bonds is 9. The number of fused-ring (bicyclic) bond motifs is 1. The lowest BCUT2D eigenvalue weighted by Crippen LogP contribution is -2.40. The summed E-state index contributed by atoms with van der Waals surface area (Å²) in [4.78, 5) is 44.0. The molecule has 1 unspecified atom stereocenters. The van der Waals surface area contributed by atoms with Gasteiger partial charge in [-0.3, -0.25) is 9.59 Å². The first-order valence-corrected chi connectivity index (χ1v) is 10.3. The van der Waals surface area contributed by atoms with E-state index in [0.29, 0.717) is 10.7 Å². The summed E-state index contributed by atoms with van der Waals surface area (Å²) in [5, 5.41) is 20.3. The van der Waals surface area contributed by atoms with Gasteiger partial charge < -0.3 is 27.0 Å². The van der Waals surface area contributed by atoms with Gasteiger partial charge in [-0.2, -0.15) is 4.98 Å². The molecule has 0 radical (unpaired) electrons. The van der Waals surface area contributed by atoms with Crippen molar-refractivity contribution in [2.24, 2.45) is 0 Å². The number of nitrogens with zero attached hydrogens (tertiary/aromatic N) is 2. The summed E-state index contributed by atoms with van der Waals surface area (Å²) in [6, 6.07) is 2.24. The van der Waals surface area contributed by atoms with Crippen molar-refractivity contribution in [1.29, 1.82) is 0 Å². The van der Waals surface area contributed by atoms with Gasteiger partial charge in [-0.05, 0) is 50.2 Å². The van der Waals surface area contributed by atoms with Gasteiger partial charge in [-0.25, -0.2) is 9.78 Å². The summed E-state index contributed by atoms with van der Waals surface area (Å²) >= 11 is 1.29. The lowest BCUT2D eigenvalue weighted by atomic mass is 9.97. The first-order chi connectivity index (χ1) is 14.2. The number of carboxylic acid groups (broad SMARTS) is 2. The summed E-state index contributed by atoms with van der Waals surface area (Å²) in [5.74, 6) is -2.07. The van der Waals surface area contributed by atoms with E-state index in [1.54, 1.807) is 6.07 Å². The van der Waals surface area contributed by atoms with E-state index < -0.39 is 23.9 Å². The number of amides is 1. The van der Waals surface area contributed by atoms with Crippen LogP contribution in [0.3, 0.4) is 0 Å². The van der Waals surface area contributed by atoms with Gasteiger partial charge in [0.25, 0.3) is 5.91 Å². The molecule has 2 heterocycles. The fourth-order valence-corrected chi connectivity index (χ4v) is 4.57. The molecule has 2 atom stereocenters. The number of nitrogens with one attached hydrogen (secondary N) is 1. The molecule has 1 aliphatic rings. The Morgan fingerprint density at radius 3 is 2.70 bits per heavy atom. The first-order valence-electron chi connectivity index (χ1n) is 9.50. The summed E-state index contributed by atoms with van der Waals surface area (Å²) in [5.41, 5.74) is 13.5. The number of thiophene rings is 1. The second-order valence-electron chi connectivity index (χ2n) is 7.16. The number of aliphatic carboxylic acids is 2. The lowest BCUT2D eigenvalue weighted by molar-refractivity contribution is -0.140. The number of hydrogen-bond acceptors (Lipinski definition) is 8. The Labute approximate surface area is 176 Å². The van der Waals surface area contributed by atoms with E-state index in [2.05, 4.69) is 15.3 Å². The zero-order valence-corrected chi connectivity index (χ0v) is 16.9. The average molecular weight is 433 g/mol. The van der Waals surface area contributed by atoms with Crippen molar-refractivity contribution in [3.8, 4) is 0 Å². The average Bonchev–Trinajstić information content (AvgIpc) is 3.29. The molecular formula is C19H23N5O5S. The van der Waals surface area contributed by atoms with E-state index in [1.165, 1.54) is 11.3 Å². The van der Waals surface area contributed by atoms with Crippen LogP contribution in [0.1, 0.15) is 57.4 Å². The minimum absolute atomic E-state index is 0.177. The van der Waals surface area contributed by atoms with E-state index in [9.17, 15) is 19.5 Å². The SMILES string of the molecule is Nc1nc(N)c2c(n1)CCC2CCc1ccc(C(=O)N[C@@H](CCC(=O)O)C(=O)O)s1. The molecule has 0 fully saturated rings. The van der Waals surface area contributed by atoms with E-state index in [0.717, 1.165) is 41.8 Å². The smallest absolute Gasteiger partial charge is 0.326 e. The molecule has 10 nitrogen and oxygen atoms in total. The predicted octanol–water partition coefficient (Wildman–Crippen LogP) is 1.41. The van der Waals surface area contributed by atoms with Gasteiger partial charge in [0.05, 0.1) is 10.6 Å². The van der Waals surface area contributed by atoms with Crippen molar-refractivity contribution < 1.29 is 24.6 Å². The van der Waals surface area contributed by atoms with E-state index in [1.807, 2.05) is 6.07 Å². The Kier molecular flexibility index (Phi) is 6.50. The van der Waals surface area contributed by atoms with Crippen LogP contribution in [-0.4, -0.2) is 44.1 Å². The predicted molar refractivity (Wildman–Crippen MR) is 110 cm³/mol. The molecular weight excluding hydrogens is 410 g/mol. The fourth-order valence-electron chi connectivity index (χ4n) is 3.64. The van der Waals surface area contributed by atoms with Gasteiger partial charge in [0.15, 0.2) is 0 Å². The number of hydrogen-bond donors (Lipinski definition) is 5. The Balaban J connectivity index is 1.59. The molecule has 7 N–H and O–H groups in total. The number of aryl methyl sites for hydroxylation is 2. The number of carbonyl (C=O) groups is 3. The standard InChI is InChI=1S/C19H23N5O5S/c20-16-15-9(2-5-11(15)23-19(21)24-16)1-3-10-4-7-13(30-10)17(27)22-12(18(28)29)6-8-14(25)26/h4,7,9,12H,1-3,5-6,8H2,(H,22,27)(H,25,26)(H,28,29)(H4,20,21,23,24)/t9?,12-/m0/s1. The molecule has 0 saturated carbocycles. The molecule has 2 aromatic heterocycles. The lowest BCUT2D eigenvalue weighted by Gasteiger charge is -2.13. The highest BCUT2D eigenvalue weighted by molar-refractivity contribution is 7.14. The third-order valence-corrected chi connectivity index (χ3v) is 6.23. The maximum absolute atomic E-state index is 12.4. The Morgan fingerprint density at radius 1 is 1.23 bits per heavy atom. The maximum Gasteiger partial charge on any atom is 0.326 e. The number of carbonyl (C=O) groups excluding carboxylic acids is 1.